The minimum atomic E-state index is -0.462. The van der Waals surface area contributed by atoms with Crippen molar-refractivity contribution in [3.63, 3.8) is 0 Å². The number of nitrogens with one attached hydrogen (secondary N) is 1. The summed E-state index contributed by atoms with van der Waals surface area (Å²) in [5, 5.41) is 2.80. The number of anilines is 2. The van der Waals surface area contributed by atoms with Crippen LogP contribution in [0.3, 0.4) is 0 Å². The predicted molar refractivity (Wildman–Crippen MR) is 139 cm³/mol. The molecule has 33 heavy (non-hydrogen) atoms. The van der Waals surface area contributed by atoms with Crippen molar-refractivity contribution in [2.24, 2.45) is 0 Å². The van der Waals surface area contributed by atoms with Crippen molar-refractivity contribution in [3.8, 4) is 0 Å². The van der Waals surface area contributed by atoms with Crippen molar-refractivity contribution < 1.29 is 9.59 Å². The van der Waals surface area contributed by atoms with E-state index in [1.165, 1.54) is 16.2 Å². The van der Waals surface area contributed by atoms with Gasteiger partial charge in [-0.15, -0.1) is 0 Å². The molecule has 0 saturated carbocycles. The van der Waals surface area contributed by atoms with E-state index in [4.69, 9.17) is 12.2 Å². The molecule has 0 aliphatic carbocycles. The normalized spacial score (nSPS) is 21.3. The Bertz CT molecular complexity index is 1200. The zero-order chi connectivity index (χ0) is 24.1. The molecule has 1 atom stereocenters. The average molecular weight is 462 g/mol. The molecular formula is C27H31N3O2S. The highest BCUT2D eigenvalue weighted by atomic mass is 32.1. The minimum Gasteiger partial charge on any atom is -0.366 e. The smallest absolute Gasteiger partial charge is 0.270 e. The Kier molecular flexibility index (Phi) is 5.91. The van der Waals surface area contributed by atoms with Crippen LogP contribution >= 0.6 is 12.2 Å². The van der Waals surface area contributed by atoms with Crippen LogP contribution in [0.2, 0.25) is 0 Å². The van der Waals surface area contributed by atoms with Gasteiger partial charge >= 0.3 is 0 Å². The van der Waals surface area contributed by atoms with Crippen LogP contribution in [-0.2, 0) is 9.59 Å². The molecule has 172 valence electrons. The van der Waals surface area contributed by atoms with Gasteiger partial charge in [-0.2, -0.15) is 0 Å². The molecule has 1 saturated heterocycles. The van der Waals surface area contributed by atoms with Gasteiger partial charge in [0.2, 0.25) is 0 Å². The Morgan fingerprint density at radius 2 is 1.82 bits per heavy atom. The molecule has 0 bridgehead atoms. The topological polar surface area (TPSA) is 52.7 Å². The van der Waals surface area contributed by atoms with Gasteiger partial charge in [-0.25, -0.2) is 0 Å². The minimum absolute atomic E-state index is 0.0799. The molecule has 5 nitrogen and oxygen atoms in total. The summed E-state index contributed by atoms with van der Waals surface area (Å²) >= 11 is 5.35. The van der Waals surface area contributed by atoms with Gasteiger partial charge in [0.15, 0.2) is 5.11 Å². The number of thiocarbonyl (C=S) groups is 1. The number of nitrogens with zero attached hydrogens (tertiary/aromatic N) is 2. The molecule has 1 unspecified atom stereocenters. The first-order valence-electron chi connectivity index (χ1n) is 11.4. The van der Waals surface area contributed by atoms with Gasteiger partial charge in [0.25, 0.3) is 11.8 Å². The summed E-state index contributed by atoms with van der Waals surface area (Å²) in [7, 11) is 0. The third-order valence-electron chi connectivity index (χ3n) is 6.85. The number of rotatable bonds is 3. The summed E-state index contributed by atoms with van der Waals surface area (Å²) in [6, 6.07) is 11.9. The van der Waals surface area contributed by atoms with Crippen LogP contribution in [0.15, 0.2) is 42.0 Å². The van der Waals surface area contributed by atoms with E-state index < -0.39 is 11.8 Å². The second-order valence-corrected chi connectivity index (χ2v) is 10.1. The van der Waals surface area contributed by atoms with Gasteiger partial charge in [0, 0.05) is 17.8 Å². The molecular weight excluding hydrogens is 430 g/mol. The van der Waals surface area contributed by atoms with E-state index >= 15 is 0 Å². The Labute approximate surface area is 201 Å². The lowest BCUT2D eigenvalue weighted by molar-refractivity contribution is -0.122. The van der Waals surface area contributed by atoms with Crippen molar-refractivity contribution in [1.82, 2.24) is 5.32 Å². The molecule has 0 spiro atoms. The number of hydrogen-bond donors (Lipinski definition) is 1. The molecule has 1 N–H and O–H groups in total. The lowest BCUT2D eigenvalue weighted by atomic mass is 9.79. The molecule has 4 rings (SSSR count). The lowest BCUT2D eigenvalue weighted by Crippen LogP contribution is -2.54. The SMILES string of the molecule is CCN1c2cc(C)c(/C=C3/C(=O)NC(=S)N(c4ccccc4C)C3=O)cc2C(C)CC1(C)C. The van der Waals surface area contributed by atoms with E-state index in [-0.39, 0.29) is 16.2 Å². The fourth-order valence-corrected chi connectivity index (χ4v) is 5.52. The molecule has 2 aliphatic heterocycles. The first kappa shape index (κ1) is 23.2. The van der Waals surface area contributed by atoms with Gasteiger partial charge in [-0.05, 0) is 106 Å². The highest BCUT2D eigenvalue weighted by molar-refractivity contribution is 7.80. The second kappa shape index (κ2) is 8.41. The van der Waals surface area contributed by atoms with Crippen LogP contribution in [0, 0.1) is 13.8 Å². The quantitative estimate of drug-likeness (QED) is 0.386. The van der Waals surface area contributed by atoms with Crippen LogP contribution < -0.4 is 15.1 Å². The average Bonchev–Trinajstić information content (AvgIpc) is 2.72. The molecule has 6 heteroatoms. The van der Waals surface area contributed by atoms with Crippen LogP contribution in [0.1, 0.15) is 62.3 Å². The molecule has 2 aromatic rings. The molecule has 0 radical (unpaired) electrons. The van der Waals surface area contributed by atoms with Gasteiger partial charge in [0.05, 0.1) is 5.69 Å². The van der Waals surface area contributed by atoms with Crippen LogP contribution in [0.25, 0.3) is 6.08 Å². The summed E-state index contributed by atoms with van der Waals surface area (Å²) in [5.74, 6) is -0.488. The first-order chi connectivity index (χ1) is 15.5. The second-order valence-electron chi connectivity index (χ2n) is 9.67. The Balaban J connectivity index is 1.79. The largest absolute Gasteiger partial charge is 0.366 e. The molecule has 2 amide bonds. The number of hydrogen-bond acceptors (Lipinski definition) is 4. The Morgan fingerprint density at radius 1 is 1.12 bits per heavy atom. The highest BCUT2D eigenvalue weighted by Crippen LogP contribution is 2.44. The van der Waals surface area contributed by atoms with Crippen molar-refractivity contribution in [2.75, 3.05) is 16.3 Å². The van der Waals surface area contributed by atoms with Gasteiger partial charge in [-0.3, -0.25) is 19.8 Å². The van der Waals surface area contributed by atoms with E-state index in [0.717, 1.165) is 29.7 Å². The van der Waals surface area contributed by atoms with E-state index in [0.29, 0.717) is 11.6 Å². The predicted octanol–water partition coefficient (Wildman–Crippen LogP) is 5.25. The van der Waals surface area contributed by atoms with Crippen LogP contribution in [0.5, 0.6) is 0 Å². The van der Waals surface area contributed by atoms with Crippen molar-refractivity contribution in [2.45, 2.75) is 59.4 Å². The number of fused-ring (bicyclic) bond motifs is 1. The summed E-state index contributed by atoms with van der Waals surface area (Å²) in [4.78, 5) is 30.1. The fourth-order valence-electron chi connectivity index (χ4n) is 5.25. The number of para-hydroxylation sites is 1. The Morgan fingerprint density at radius 3 is 2.48 bits per heavy atom. The van der Waals surface area contributed by atoms with Crippen LogP contribution in [0.4, 0.5) is 11.4 Å². The number of benzene rings is 2. The van der Waals surface area contributed by atoms with Crippen LogP contribution in [-0.4, -0.2) is 29.0 Å². The maximum Gasteiger partial charge on any atom is 0.270 e. The number of amides is 2. The Hall–Kier alpha value is -2.99. The maximum absolute atomic E-state index is 13.5. The third kappa shape index (κ3) is 3.97. The molecule has 2 heterocycles. The van der Waals surface area contributed by atoms with Gasteiger partial charge < -0.3 is 4.90 Å². The lowest BCUT2D eigenvalue weighted by Gasteiger charge is -2.47. The first-order valence-corrected chi connectivity index (χ1v) is 11.8. The van der Waals surface area contributed by atoms with E-state index in [9.17, 15) is 9.59 Å². The third-order valence-corrected chi connectivity index (χ3v) is 7.13. The molecule has 0 aromatic heterocycles. The van der Waals surface area contributed by atoms with E-state index in [2.05, 4.69) is 50.0 Å². The highest BCUT2D eigenvalue weighted by Gasteiger charge is 2.37. The number of carbonyl (C=O) groups is 2. The number of aryl methyl sites for hydroxylation is 2. The summed E-state index contributed by atoms with van der Waals surface area (Å²) < 4.78 is 0. The standard InChI is InChI=1S/C27H31N3O2S/c1-7-29-23-12-17(3)19(13-20(23)18(4)15-27(29,5)6)14-21-24(31)28-26(33)30(25(21)32)22-11-9-8-10-16(22)2/h8-14,18H,7,15H2,1-6H3,(H,28,31,33)/b21-14-. The molecule has 1 fully saturated rings. The number of carbonyl (C=O) groups excluding carboxylic acids is 2. The monoisotopic (exact) mass is 461 g/mol. The zero-order valence-corrected chi connectivity index (χ0v) is 21.0. The van der Waals surface area contributed by atoms with Crippen molar-refractivity contribution in [3.05, 3.63) is 64.2 Å². The zero-order valence-electron chi connectivity index (χ0n) is 20.2. The van der Waals surface area contributed by atoms with Gasteiger partial charge in [0.1, 0.15) is 5.57 Å². The van der Waals surface area contributed by atoms with Gasteiger partial charge in [-0.1, -0.05) is 25.1 Å². The fraction of sp³-hybridized carbons (Fsp3) is 0.370. The molecule has 2 aliphatic rings. The van der Waals surface area contributed by atoms with E-state index in [1.807, 2.05) is 38.1 Å². The van der Waals surface area contributed by atoms with E-state index in [1.54, 1.807) is 6.08 Å². The maximum atomic E-state index is 13.5. The summed E-state index contributed by atoms with van der Waals surface area (Å²) in [5.41, 5.74) is 6.15. The van der Waals surface area contributed by atoms with Crippen molar-refractivity contribution >= 4 is 46.6 Å². The summed E-state index contributed by atoms with van der Waals surface area (Å²) in [6.07, 6.45) is 2.75. The van der Waals surface area contributed by atoms with Crippen molar-refractivity contribution in [1.29, 1.82) is 0 Å². The summed E-state index contributed by atoms with van der Waals surface area (Å²) in [6.45, 7) is 13.9. The molecule has 2 aromatic carbocycles.